The second-order valence-corrected chi connectivity index (χ2v) is 3.36. The summed E-state index contributed by atoms with van der Waals surface area (Å²) in [4.78, 5) is 0. The number of nitrogens with two attached hydrogens (primary N) is 1. The third kappa shape index (κ3) is 2.49. The van der Waals surface area contributed by atoms with Crippen LogP contribution in [0.5, 0.6) is 0 Å². The molecule has 0 saturated heterocycles. The molecule has 2 rings (SSSR count). The molecule has 0 amide bonds. The van der Waals surface area contributed by atoms with E-state index in [4.69, 9.17) is 5.73 Å². The molecule has 1 aromatic heterocycles. The van der Waals surface area contributed by atoms with Crippen molar-refractivity contribution in [2.45, 2.75) is 6.42 Å². The number of nitrogens with one attached hydrogen (secondary N) is 2. The molecular weight excluding hydrogens is 188 g/mol. The minimum atomic E-state index is 0.586. The van der Waals surface area contributed by atoms with Crippen LogP contribution in [0, 0.1) is 0 Å². The van der Waals surface area contributed by atoms with E-state index in [1.165, 1.54) is 5.56 Å². The number of aromatic amines is 1. The first-order valence-corrected chi connectivity index (χ1v) is 4.93. The van der Waals surface area contributed by atoms with Crippen LogP contribution < -0.4 is 11.1 Å². The van der Waals surface area contributed by atoms with Crippen LogP contribution in [0.15, 0.2) is 36.5 Å². The fourth-order valence-corrected chi connectivity index (χ4v) is 1.42. The molecule has 1 aromatic carbocycles. The second-order valence-electron chi connectivity index (χ2n) is 3.36. The maximum Gasteiger partial charge on any atom is 0.142 e. The van der Waals surface area contributed by atoms with Crippen molar-refractivity contribution in [1.82, 2.24) is 10.2 Å². The van der Waals surface area contributed by atoms with Crippen LogP contribution in [-0.4, -0.2) is 16.7 Å². The molecule has 0 radical (unpaired) electrons. The average Bonchev–Trinajstić information content (AvgIpc) is 2.66. The molecule has 0 bridgehead atoms. The molecule has 15 heavy (non-hydrogen) atoms. The summed E-state index contributed by atoms with van der Waals surface area (Å²) in [6, 6.07) is 10.3. The number of aromatic nitrogens is 2. The van der Waals surface area contributed by atoms with E-state index >= 15 is 0 Å². The van der Waals surface area contributed by atoms with Gasteiger partial charge in [-0.25, -0.2) is 0 Å². The monoisotopic (exact) mass is 202 g/mol. The fourth-order valence-electron chi connectivity index (χ4n) is 1.42. The van der Waals surface area contributed by atoms with E-state index in [0.29, 0.717) is 5.82 Å². The molecule has 2 aromatic rings. The van der Waals surface area contributed by atoms with Crippen molar-refractivity contribution in [3.8, 4) is 0 Å². The molecule has 0 aliphatic rings. The van der Waals surface area contributed by atoms with Gasteiger partial charge in [0.2, 0.25) is 0 Å². The summed E-state index contributed by atoms with van der Waals surface area (Å²) in [5, 5.41) is 9.74. The number of anilines is 2. The Morgan fingerprint density at radius 2 is 2.07 bits per heavy atom. The smallest absolute Gasteiger partial charge is 0.142 e. The van der Waals surface area contributed by atoms with Gasteiger partial charge in [0.1, 0.15) is 5.82 Å². The number of hydrogen-bond acceptors (Lipinski definition) is 3. The number of hydrogen-bond donors (Lipinski definition) is 3. The lowest BCUT2D eigenvalue weighted by atomic mass is 10.1. The first-order chi connectivity index (χ1) is 7.36. The molecule has 4 heteroatoms. The van der Waals surface area contributed by atoms with E-state index in [-0.39, 0.29) is 0 Å². The fraction of sp³-hybridized carbons (Fsp3) is 0.182. The van der Waals surface area contributed by atoms with Crippen LogP contribution in [0.1, 0.15) is 5.56 Å². The number of benzene rings is 1. The van der Waals surface area contributed by atoms with Gasteiger partial charge in [0.15, 0.2) is 0 Å². The summed E-state index contributed by atoms with van der Waals surface area (Å²) in [5.41, 5.74) is 7.82. The highest BCUT2D eigenvalue weighted by Crippen LogP contribution is 2.12. The molecular formula is C11H14N4. The van der Waals surface area contributed by atoms with Crippen LogP contribution >= 0.6 is 0 Å². The Morgan fingerprint density at radius 3 is 2.73 bits per heavy atom. The first kappa shape index (κ1) is 9.58. The van der Waals surface area contributed by atoms with E-state index in [1.807, 2.05) is 18.2 Å². The van der Waals surface area contributed by atoms with Gasteiger partial charge in [0, 0.05) is 6.54 Å². The Morgan fingerprint density at radius 1 is 1.27 bits per heavy atom. The summed E-state index contributed by atoms with van der Waals surface area (Å²) >= 11 is 0. The lowest BCUT2D eigenvalue weighted by Gasteiger charge is -2.04. The summed E-state index contributed by atoms with van der Waals surface area (Å²) in [5.74, 6) is 0.586. The Hall–Kier alpha value is -1.97. The van der Waals surface area contributed by atoms with Crippen LogP contribution in [0.2, 0.25) is 0 Å². The van der Waals surface area contributed by atoms with Gasteiger partial charge >= 0.3 is 0 Å². The van der Waals surface area contributed by atoms with Crippen molar-refractivity contribution in [2.75, 3.05) is 17.6 Å². The number of rotatable bonds is 4. The highest BCUT2D eigenvalue weighted by atomic mass is 15.2. The molecule has 0 fully saturated rings. The van der Waals surface area contributed by atoms with E-state index in [2.05, 4.69) is 27.6 Å². The SMILES string of the molecule is Nc1[nH]ncc1NCCc1ccccc1. The minimum Gasteiger partial charge on any atom is -0.382 e. The van der Waals surface area contributed by atoms with Crippen molar-refractivity contribution in [3.05, 3.63) is 42.1 Å². The molecule has 0 unspecified atom stereocenters. The van der Waals surface area contributed by atoms with Gasteiger partial charge in [-0.3, -0.25) is 5.10 Å². The van der Waals surface area contributed by atoms with Gasteiger partial charge < -0.3 is 11.1 Å². The molecule has 0 atom stereocenters. The first-order valence-electron chi connectivity index (χ1n) is 4.93. The van der Waals surface area contributed by atoms with E-state index in [0.717, 1.165) is 18.7 Å². The van der Waals surface area contributed by atoms with Gasteiger partial charge in [-0.15, -0.1) is 0 Å². The lowest BCUT2D eigenvalue weighted by molar-refractivity contribution is 1.02. The van der Waals surface area contributed by atoms with Crippen LogP contribution in [0.4, 0.5) is 11.5 Å². The number of nitrogen functional groups attached to an aromatic ring is 1. The molecule has 4 N–H and O–H groups in total. The van der Waals surface area contributed by atoms with Crippen molar-refractivity contribution in [1.29, 1.82) is 0 Å². The maximum absolute atomic E-state index is 5.64. The van der Waals surface area contributed by atoms with Crippen molar-refractivity contribution < 1.29 is 0 Å². The third-order valence-corrected chi connectivity index (χ3v) is 2.24. The quantitative estimate of drug-likeness (QED) is 0.706. The van der Waals surface area contributed by atoms with E-state index in [1.54, 1.807) is 6.20 Å². The summed E-state index contributed by atoms with van der Waals surface area (Å²) in [6.07, 6.45) is 2.67. The van der Waals surface area contributed by atoms with Crippen LogP contribution in [-0.2, 0) is 6.42 Å². The van der Waals surface area contributed by atoms with Gasteiger partial charge in [-0.2, -0.15) is 5.10 Å². The number of nitrogens with zero attached hydrogens (tertiary/aromatic N) is 1. The number of H-pyrrole nitrogens is 1. The summed E-state index contributed by atoms with van der Waals surface area (Å²) in [6.45, 7) is 0.855. The molecule has 1 heterocycles. The van der Waals surface area contributed by atoms with E-state index < -0.39 is 0 Å². The normalized spacial score (nSPS) is 10.1. The molecule has 78 valence electrons. The van der Waals surface area contributed by atoms with Crippen molar-refractivity contribution >= 4 is 11.5 Å². The minimum absolute atomic E-state index is 0.586. The average molecular weight is 202 g/mol. The largest absolute Gasteiger partial charge is 0.382 e. The zero-order valence-electron chi connectivity index (χ0n) is 8.40. The highest BCUT2D eigenvalue weighted by molar-refractivity contribution is 5.59. The summed E-state index contributed by atoms with van der Waals surface area (Å²) in [7, 11) is 0. The van der Waals surface area contributed by atoms with Crippen LogP contribution in [0.3, 0.4) is 0 Å². The predicted octanol–water partition coefficient (Wildman–Crippen LogP) is 1.65. The molecule has 0 aliphatic carbocycles. The predicted molar refractivity (Wildman–Crippen MR) is 61.6 cm³/mol. The van der Waals surface area contributed by atoms with Crippen molar-refractivity contribution in [3.63, 3.8) is 0 Å². The molecule has 4 nitrogen and oxygen atoms in total. The van der Waals surface area contributed by atoms with Crippen molar-refractivity contribution in [2.24, 2.45) is 0 Å². The Bertz CT molecular complexity index is 408. The van der Waals surface area contributed by atoms with Gasteiger partial charge in [0.05, 0.1) is 11.9 Å². The standard InChI is InChI=1S/C11H14N4/c12-11-10(8-14-15-11)13-7-6-9-4-2-1-3-5-9/h1-5,8,13H,6-7H2,(H3,12,14,15). The second kappa shape index (κ2) is 4.50. The van der Waals surface area contributed by atoms with Gasteiger partial charge in [-0.1, -0.05) is 30.3 Å². The Kier molecular flexibility index (Phi) is 2.88. The van der Waals surface area contributed by atoms with Crippen LogP contribution in [0.25, 0.3) is 0 Å². The molecule has 0 aliphatic heterocycles. The molecule has 0 saturated carbocycles. The van der Waals surface area contributed by atoms with E-state index in [9.17, 15) is 0 Å². The Balaban J connectivity index is 1.83. The Labute approximate surface area is 88.5 Å². The zero-order chi connectivity index (χ0) is 10.5. The van der Waals surface area contributed by atoms with Gasteiger partial charge in [0.25, 0.3) is 0 Å². The van der Waals surface area contributed by atoms with Gasteiger partial charge in [-0.05, 0) is 12.0 Å². The lowest BCUT2D eigenvalue weighted by Crippen LogP contribution is -2.05. The topological polar surface area (TPSA) is 66.7 Å². The molecule has 0 spiro atoms. The maximum atomic E-state index is 5.64. The zero-order valence-corrected chi connectivity index (χ0v) is 8.40. The third-order valence-electron chi connectivity index (χ3n) is 2.24. The summed E-state index contributed by atoms with van der Waals surface area (Å²) < 4.78 is 0. The highest BCUT2D eigenvalue weighted by Gasteiger charge is 1.98.